The van der Waals surface area contributed by atoms with Gasteiger partial charge in [-0.25, -0.2) is 0 Å². The van der Waals surface area contributed by atoms with Gasteiger partial charge in [-0.05, 0) is 64.2 Å². The standard InChI is InChI=1S/C18H20BrClN2S/c1-12(2)10-17(13-6-4-3-5-7-13)22-18(23)21-14-8-9-15(19)16(20)11-14/h3-9,11-12,17H,10H2,1-2H3,(H2,21,22,23)/t17-/m1/s1. The van der Waals surface area contributed by atoms with Crippen molar-refractivity contribution in [1.29, 1.82) is 0 Å². The van der Waals surface area contributed by atoms with Crippen LogP contribution in [0.25, 0.3) is 0 Å². The predicted octanol–water partition coefficient (Wildman–Crippen LogP) is 6.18. The summed E-state index contributed by atoms with van der Waals surface area (Å²) in [5.41, 5.74) is 2.10. The predicted molar refractivity (Wildman–Crippen MR) is 107 cm³/mol. The third-order valence-corrected chi connectivity index (χ3v) is 4.84. The Morgan fingerprint density at radius 2 is 1.87 bits per heavy atom. The second-order valence-corrected chi connectivity index (χ2v) is 7.49. The van der Waals surface area contributed by atoms with Gasteiger partial charge in [-0.15, -0.1) is 0 Å². The summed E-state index contributed by atoms with van der Waals surface area (Å²) < 4.78 is 0.866. The number of hydrogen-bond acceptors (Lipinski definition) is 1. The third-order valence-electron chi connectivity index (χ3n) is 3.39. The normalized spacial score (nSPS) is 12.0. The minimum atomic E-state index is 0.183. The van der Waals surface area contributed by atoms with Crippen LogP contribution in [0.5, 0.6) is 0 Å². The van der Waals surface area contributed by atoms with Crippen LogP contribution in [0.15, 0.2) is 53.0 Å². The Morgan fingerprint density at radius 3 is 2.48 bits per heavy atom. The van der Waals surface area contributed by atoms with Crippen LogP contribution in [0.1, 0.15) is 31.9 Å². The van der Waals surface area contributed by atoms with Crippen molar-refractivity contribution in [2.45, 2.75) is 26.3 Å². The molecule has 0 heterocycles. The number of anilines is 1. The molecule has 23 heavy (non-hydrogen) atoms. The second-order valence-electron chi connectivity index (χ2n) is 5.82. The van der Waals surface area contributed by atoms with Crippen LogP contribution < -0.4 is 10.6 Å². The van der Waals surface area contributed by atoms with Gasteiger partial charge in [-0.1, -0.05) is 55.8 Å². The van der Waals surface area contributed by atoms with Crippen LogP contribution in [0.2, 0.25) is 5.02 Å². The largest absolute Gasteiger partial charge is 0.356 e. The van der Waals surface area contributed by atoms with Crippen LogP contribution in [0, 0.1) is 5.92 Å². The van der Waals surface area contributed by atoms with Gasteiger partial charge < -0.3 is 10.6 Å². The Balaban J connectivity index is 2.06. The Morgan fingerprint density at radius 1 is 1.17 bits per heavy atom. The lowest BCUT2D eigenvalue weighted by atomic mass is 9.97. The highest BCUT2D eigenvalue weighted by atomic mass is 79.9. The highest BCUT2D eigenvalue weighted by Gasteiger charge is 2.14. The van der Waals surface area contributed by atoms with Crippen molar-refractivity contribution in [3.63, 3.8) is 0 Å². The van der Waals surface area contributed by atoms with E-state index in [1.165, 1.54) is 5.56 Å². The minimum absolute atomic E-state index is 0.183. The number of nitrogens with one attached hydrogen (secondary N) is 2. The highest BCUT2D eigenvalue weighted by Crippen LogP contribution is 2.26. The summed E-state index contributed by atoms with van der Waals surface area (Å²) in [5.74, 6) is 0.567. The van der Waals surface area contributed by atoms with Crippen molar-refractivity contribution in [1.82, 2.24) is 5.32 Å². The molecular weight excluding hydrogens is 392 g/mol. The lowest BCUT2D eigenvalue weighted by Crippen LogP contribution is -2.33. The summed E-state index contributed by atoms with van der Waals surface area (Å²) in [6, 6.07) is 16.2. The molecule has 5 heteroatoms. The fraction of sp³-hybridized carbons (Fsp3) is 0.278. The van der Waals surface area contributed by atoms with Gasteiger partial charge in [0.2, 0.25) is 0 Å². The maximum Gasteiger partial charge on any atom is 0.171 e. The van der Waals surface area contributed by atoms with E-state index >= 15 is 0 Å². The zero-order valence-electron chi connectivity index (χ0n) is 13.1. The molecule has 0 spiro atoms. The van der Waals surface area contributed by atoms with Gasteiger partial charge in [0.25, 0.3) is 0 Å². The monoisotopic (exact) mass is 410 g/mol. The number of hydrogen-bond donors (Lipinski definition) is 2. The number of benzene rings is 2. The van der Waals surface area contributed by atoms with E-state index in [-0.39, 0.29) is 6.04 Å². The van der Waals surface area contributed by atoms with Crippen molar-refractivity contribution >= 4 is 50.5 Å². The Kier molecular flexibility index (Phi) is 6.88. The fourth-order valence-corrected chi connectivity index (χ4v) is 3.02. The van der Waals surface area contributed by atoms with Crippen LogP contribution >= 0.6 is 39.7 Å². The molecule has 0 aliphatic rings. The smallest absolute Gasteiger partial charge is 0.171 e. The topological polar surface area (TPSA) is 24.1 Å². The first-order valence-electron chi connectivity index (χ1n) is 7.53. The van der Waals surface area contributed by atoms with E-state index < -0.39 is 0 Å². The molecule has 0 radical (unpaired) electrons. The van der Waals surface area contributed by atoms with Gasteiger partial charge >= 0.3 is 0 Å². The van der Waals surface area contributed by atoms with Crippen LogP contribution in [-0.4, -0.2) is 5.11 Å². The molecule has 1 atom stereocenters. The SMILES string of the molecule is CC(C)C[C@@H](NC(=S)Nc1ccc(Br)c(Cl)c1)c1ccccc1. The van der Waals surface area contributed by atoms with Gasteiger partial charge in [0, 0.05) is 10.2 Å². The van der Waals surface area contributed by atoms with Crippen molar-refractivity contribution in [2.24, 2.45) is 5.92 Å². The number of rotatable bonds is 5. The molecule has 0 aromatic heterocycles. The Hall–Kier alpha value is -1.10. The lowest BCUT2D eigenvalue weighted by molar-refractivity contribution is 0.481. The summed E-state index contributed by atoms with van der Waals surface area (Å²) in [5, 5.41) is 7.86. The van der Waals surface area contributed by atoms with E-state index in [4.69, 9.17) is 23.8 Å². The molecule has 0 unspecified atom stereocenters. The average molecular weight is 412 g/mol. The summed E-state index contributed by atoms with van der Waals surface area (Å²) in [4.78, 5) is 0. The average Bonchev–Trinajstić information content (AvgIpc) is 2.51. The summed E-state index contributed by atoms with van der Waals surface area (Å²) >= 11 is 15.0. The van der Waals surface area contributed by atoms with Crippen molar-refractivity contribution < 1.29 is 0 Å². The molecule has 0 bridgehead atoms. The van der Waals surface area contributed by atoms with Gasteiger partial charge in [-0.2, -0.15) is 0 Å². The fourth-order valence-electron chi connectivity index (χ4n) is 2.33. The van der Waals surface area contributed by atoms with Crippen molar-refractivity contribution in [3.05, 3.63) is 63.6 Å². The van der Waals surface area contributed by atoms with Gasteiger partial charge in [-0.3, -0.25) is 0 Å². The zero-order chi connectivity index (χ0) is 16.8. The first kappa shape index (κ1) is 18.2. The molecule has 2 nitrogen and oxygen atoms in total. The van der Waals surface area contributed by atoms with Crippen LogP contribution in [0.3, 0.4) is 0 Å². The lowest BCUT2D eigenvalue weighted by Gasteiger charge is -2.23. The van der Waals surface area contributed by atoms with Crippen LogP contribution in [-0.2, 0) is 0 Å². The molecule has 0 aliphatic heterocycles. The minimum Gasteiger partial charge on any atom is -0.356 e. The molecule has 0 saturated carbocycles. The van der Waals surface area contributed by atoms with Crippen LogP contribution in [0.4, 0.5) is 5.69 Å². The summed E-state index contributed by atoms with van der Waals surface area (Å²) in [6.45, 7) is 4.42. The molecule has 2 N–H and O–H groups in total. The first-order chi connectivity index (χ1) is 11.0. The van der Waals surface area contributed by atoms with E-state index in [1.54, 1.807) is 0 Å². The van der Waals surface area contributed by atoms with E-state index in [0.29, 0.717) is 16.1 Å². The maximum absolute atomic E-state index is 6.12. The second kappa shape index (κ2) is 8.67. The van der Waals surface area contributed by atoms with Crippen molar-refractivity contribution in [3.8, 4) is 0 Å². The molecule has 0 fully saturated rings. The zero-order valence-corrected chi connectivity index (χ0v) is 16.3. The quantitative estimate of drug-likeness (QED) is 0.575. The first-order valence-corrected chi connectivity index (χ1v) is 9.11. The molecule has 0 saturated heterocycles. The number of thiocarbonyl (C=S) groups is 1. The molecule has 0 aliphatic carbocycles. The van der Waals surface area contributed by atoms with E-state index in [9.17, 15) is 0 Å². The molecule has 2 aromatic rings. The molecule has 2 aromatic carbocycles. The number of halogens is 2. The van der Waals surface area contributed by atoms with Gasteiger partial charge in [0.1, 0.15) is 0 Å². The van der Waals surface area contributed by atoms with E-state index in [0.717, 1.165) is 16.6 Å². The molecule has 0 amide bonds. The van der Waals surface area contributed by atoms with Gasteiger partial charge in [0.15, 0.2) is 5.11 Å². The van der Waals surface area contributed by atoms with Crippen molar-refractivity contribution in [2.75, 3.05) is 5.32 Å². The Bertz CT molecular complexity index is 661. The van der Waals surface area contributed by atoms with E-state index in [2.05, 4.69) is 64.7 Å². The highest BCUT2D eigenvalue weighted by molar-refractivity contribution is 9.10. The summed E-state index contributed by atoms with van der Waals surface area (Å²) in [6.07, 6.45) is 1.01. The van der Waals surface area contributed by atoms with Gasteiger partial charge in [0.05, 0.1) is 11.1 Å². The van der Waals surface area contributed by atoms with E-state index in [1.807, 2.05) is 24.3 Å². The molecule has 2 rings (SSSR count). The third kappa shape index (κ3) is 5.79. The maximum atomic E-state index is 6.12. The molecule has 122 valence electrons. The Labute approximate surface area is 156 Å². The molecular formula is C18H20BrClN2S. The summed E-state index contributed by atoms with van der Waals surface area (Å²) in [7, 11) is 0.